The summed E-state index contributed by atoms with van der Waals surface area (Å²) >= 11 is 0. The molecule has 0 rings (SSSR count). The van der Waals surface area contributed by atoms with Crippen molar-refractivity contribution in [3.05, 3.63) is 30.5 Å². The lowest BCUT2D eigenvalue weighted by atomic mass is 10.1. The van der Waals surface area contributed by atoms with Crippen LogP contribution in [0.5, 0.6) is 0 Å². The van der Waals surface area contributed by atoms with Crippen LogP contribution < -0.4 is 0 Å². The molecule has 0 saturated carbocycles. The second-order valence-corrected chi connectivity index (χ2v) is 2.01. The van der Waals surface area contributed by atoms with Crippen molar-refractivity contribution < 1.29 is 0 Å². The second kappa shape index (κ2) is 5.40. The zero-order valence-electron chi connectivity index (χ0n) is 6.11. The van der Waals surface area contributed by atoms with Crippen LogP contribution in [0.3, 0.4) is 0 Å². The predicted octanol–water partition coefficient (Wildman–Crippen LogP) is 3.07. The maximum absolute atomic E-state index is 3.65. The van der Waals surface area contributed by atoms with E-state index in [1.54, 1.807) is 0 Å². The van der Waals surface area contributed by atoms with Gasteiger partial charge in [0.1, 0.15) is 0 Å². The predicted molar refractivity (Wildman–Crippen MR) is 42.4 cm³/mol. The number of hydrogen-bond donors (Lipinski definition) is 0. The molecule has 50 valence electrons. The Balaban J connectivity index is 3.58. The van der Waals surface area contributed by atoms with Crippen LogP contribution in [0, 0.1) is 0 Å². The molecule has 0 nitrogen and oxygen atoms in total. The van der Waals surface area contributed by atoms with Gasteiger partial charge in [-0.3, -0.25) is 0 Å². The van der Waals surface area contributed by atoms with E-state index in [0.29, 0.717) is 0 Å². The molecule has 0 saturated heterocycles. The summed E-state index contributed by atoms with van der Waals surface area (Å²) in [6.45, 7) is 9.37. The summed E-state index contributed by atoms with van der Waals surface area (Å²) in [6, 6.07) is 0. The summed E-state index contributed by atoms with van der Waals surface area (Å²) in [6.07, 6.45) is 5.33. The van der Waals surface area contributed by atoms with Crippen LogP contribution in [-0.4, -0.2) is 0 Å². The Morgan fingerprint density at radius 1 is 1.67 bits per heavy atom. The molecular weight excluding hydrogens is 108 g/mol. The van der Waals surface area contributed by atoms with Crippen LogP contribution in [0.1, 0.15) is 26.2 Å². The van der Waals surface area contributed by atoms with E-state index in [1.165, 1.54) is 12.8 Å². The van der Waals surface area contributed by atoms with Crippen LogP contribution in [0.2, 0.25) is 0 Å². The Morgan fingerprint density at radius 3 is 2.67 bits per heavy atom. The molecule has 0 aliphatic rings. The Hall–Kier alpha value is -0.740. The van der Waals surface area contributed by atoms with Gasteiger partial charge in [0.2, 0.25) is 0 Å². The van der Waals surface area contributed by atoms with Crippen molar-refractivity contribution in [1.29, 1.82) is 0 Å². The van der Waals surface area contributed by atoms with E-state index >= 15 is 0 Å². The van der Waals surface area contributed by atoms with E-state index in [1.807, 2.05) is 6.08 Å². The number of hydrogen-bond acceptors (Lipinski definition) is 0. The molecule has 0 heterocycles. The van der Waals surface area contributed by atoms with Crippen molar-refractivity contribution in [2.45, 2.75) is 26.2 Å². The van der Waals surface area contributed by atoms with Crippen molar-refractivity contribution in [3.63, 3.8) is 0 Å². The first-order chi connectivity index (χ1) is 4.35. The Labute approximate surface area is 57.6 Å². The maximum atomic E-state index is 3.65. The normalized spacial score (nSPS) is 8.11. The van der Waals surface area contributed by atoms with Gasteiger partial charge in [-0.05, 0) is 18.4 Å². The summed E-state index contributed by atoms with van der Waals surface area (Å²) in [4.78, 5) is 0. The Bertz CT molecular complexity index is 125. The molecular formula is C9H14. The first kappa shape index (κ1) is 8.26. The Morgan fingerprint density at radius 2 is 2.33 bits per heavy atom. The first-order valence-corrected chi connectivity index (χ1v) is 3.36. The second-order valence-electron chi connectivity index (χ2n) is 2.01. The van der Waals surface area contributed by atoms with Gasteiger partial charge in [-0.15, -0.1) is 5.73 Å². The molecule has 0 radical (unpaired) electrons. The number of rotatable bonds is 4. The molecule has 0 bridgehead atoms. The minimum absolute atomic E-state index is 1.07. The van der Waals surface area contributed by atoms with Gasteiger partial charge in [-0.25, -0.2) is 0 Å². The molecule has 0 fully saturated rings. The summed E-state index contributed by atoms with van der Waals surface area (Å²) in [5.41, 5.74) is 3.97. The zero-order chi connectivity index (χ0) is 7.11. The summed E-state index contributed by atoms with van der Waals surface area (Å²) in [7, 11) is 0. The van der Waals surface area contributed by atoms with E-state index in [4.69, 9.17) is 0 Å². The molecule has 0 aromatic carbocycles. The molecule has 0 heteroatoms. The van der Waals surface area contributed by atoms with Gasteiger partial charge in [-0.2, -0.15) is 0 Å². The lowest BCUT2D eigenvalue weighted by Gasteiger charge is -1.93. The highest BCUT2D eigenvalue weighted by Gasteiger charge is 1.86. The van der Waals surface area contributed by atoms with Crippen LogP contribution in [0.15, 0.2) is 30.5 Å². The average Bonchev–Trinajstić information content (AvgIpc) is 1.91. The fourth-order valence-electron chi connectivity index (χ4n) is 0.630. The van der Waals surface area contributed by atoms with E-state index in [2.05, 4.69) is 25.8 Å². The topological polar surface area (TPSA) is 0 Å². The van der Waals surface area contributed by atoms with Crippen molar-refractivity contribution in [3.8, 4) is 0 Å². The van der Waals surface area contributed by atoms with Gasteiger partial charge in [0, 0.05) is 0 Å². The highest BCUT2D eigenvalue weighted by Crippen LogP contribution is 2.05. The standard InChI is InChI=1S/C9H14/c1-4-7-8-9(5-2)6-3/h5H,2-4,7-8H2,1H3. The molecule has 0 amide bonds. The quantitative estimate of drug-likeness (QED) is 0.397. The zero-order valence-corrected chi connectivity index (χ0v) is 6.11. The van der Waals surface area contributed by atoms with Gasteiger partial charge in [-0.1, -0.05) is 32.6 Å². The average molecular weight is 122 g/mol. The van der Waals surface area contributed by atoms with Gasteiger partial charge < -0.3 is 0 Å². The van der Waals surface area contributed by atoms with E-state index in [9.17, 15) is 0 Å². The summed E-state index contributed by atoms with van der Waals surface area (Å²) in [5.74, 6) is 0. The largest absolute Gasteiger partial charge is 0.125 e. The monoisotopic (exact) mass is 122 g/mol. The fourth-order valence-corrected chi connectivity index (χ4v) is 0.630. The third-order valence-corrected chi connectivity index (χ3v) is 1.27. The highest BCUT2D eigenvalue weighted by atomic mass is 13.9. The number of allylic oxidation sites excluding steroid dienone is 2. The summed E-state index contributed by atoms with van der Waals surface area (Å²) < 4.78 is 0. The first-order valence-electron chi connectivity index (χ1n) is 3.36. The minimum atomic E-state index is 1.07. The molecule has 0 unspecified atom stereocenters. The molecule has 0 aromatic rings. The third-order valence-electron chi connectivity index (χ3n) is 1.27. The van der Waals surface area contributed by atoms with Crippen LogP contribution in [0.25, 0.3) is 0 Å². The lowest BCUT2D eigenvalue weighted by Crippen LogP contribution is -1.74. The molecule has 0 aliphatic carbocycles. The van der Waals surface area contributed by atoms with Gasteiger partial charge in [0.15, 0.2) is 0 Å². The van der Waals surface area contributed by atoms with Crippen molar-refractivity contribution >= 4 is 0 Å². The molecule has 0 N–H and O–H groups in total. The van der Waals surface area contributed by atoms with E-state index in [-0.39, 0.29) is 0 Å². The van der Waals surface area contributed by atoms with Crippen LogP contribution in [0.4, 0.5) is 0 Å². The molecule has 0 aliphatic heterocycles. The SMILES string of the molecule is C=C=C(C=C)CCCC. The lowest BCUT2D eigenvalue weighted by molar-refractivity contribution is 0.799. The smallest absolute Gasteiger partial charge is 0.00725 e. The minimum Gasteiger partial charge on any atom is -0.125 e. The summed E-state index contributed by atoms with van der Waals surface area (Å²) in [5, 5.41) is 0. The third kappa shape index (κ3) is 3.81. The van der Waals surface area contributed by atoms with Crippen LogP contribution in [-0.2, 0) is 0 Å². The molecule has 0 spiro atoms. The van der Waals surface area contributed by atoms with Gasteiger partial charge in [0.05, 0.1) is 0 Å². The number of unbranched alkanes of at least 4 members (excludes halogenated alkanes) is 1. The van der Waals surface area contributed by atoms with Gasteiger partial charge in [0.25, 0.3) is 0 Å². The van der Waals surface area contributed by atoms with Crippen LogP contribution >= 0.6 is 0 Å². The van der Waals surface area contributed by atoms with E-state index in [0.717, 1.165) is 12.0 Å². The molecule has 0 aromatic heterocycles. The van der Waals surface area contributed by atoms with Crippen molar-refractivity contribution in [2.75, 3.05) is 0 Å². The Kier molecular flexibility index (Phi) is 4.95. The fraction of sp³-hybridized carbons (Fsp3) is 0.444. The van der Waals surface area contributed by atoms with E-state index < -0.39 is 0 Å². The van der Waals surface area contributed by atoms with Crippen molar-refractivity contribution in [1.82, 2.24) is 0 Å². The van der Waals surface area contributed by atoms with Gasteiger partial charge >= 0.3 is 0 Å². The highest BCUT2D eigenvalue weighted by molar-refractivity contribution is 5.13. The molecule has 9 heavy (non-hydrogen) atoms. The van der Waals surface area contributed by atoms with Crippen molar-refractivity contribution in [2.24, 2.45) is 0 Å². The molecule has 0 atom stereocenters. The maximum Gasteiger partial charge on any atom is -0.00725 e.